The second kappa shape index (κ2) is 9.16. The average Bonchev–Trinajstić information content (AvgIpc) is 3.02. The van der Waals surface area contributed by atoms with Crippen molar-refractivity contribution in [2.45, 2.75) is 37.1 Å². The van der Waals surface area contributed by atoms with Crippen molar-refractivity contribution in [1.29, 1.82) is 0 Å². The number of benzene rings is 1. The first kappa shape index (κ1) is 20.3. The highest BCUT2D eigenvalue weighted by atomic mass is 32.2. The minimum Gasteiger partial charge on any atom is -0.495 e. The number of pyridine rings is 1. The van der Waals surface area contributed by atoms with Crippen LogP contribution in [0.5, 0.6) is 5.75 Å². The summed E-state index contributed by atoms with van der Waals surface area (Å²) in [6, 6.07) is 8.15. The molecule has 1 amide bonds. The van der Waals surface area contributed by atoms with E-state index in [1.807, 2.05) is 6.07 Å². The Kier molecular flexibility index (Phi) is 6.64. The maximum absolute atomic E-state index is 13.2. The Morgan fingerprint density at radius 3 is 2.57 bits per heavy atom. The quantitative estimate of drug-likeness (QED) is 0.801. The van der Waals surface area contributed by atoms with E-state index in [1.165, 1.54) is 23.5 Å². The van der Waals surface area contributed by atoms with Crippen LogP contribution in [0.25, 0.3) is 0 Å². The lowest BCUT2D eigenvalue weighted by Gasteiger charge is -2.21. The first-order valence-electron chi connectivity index (χ1n) is 9.37. The number of carbonyl (C=O) groups excluding carboxylic acids is 1. The first-order valence-corrected chi connectivity index (χ1v) is 10.8. The number of nitrogens with zero attached hydrogens (tertiary/aromatic N) is 2. The topological polar surface area (TPSA) is 88.6 Å². The number of sulfonamides is 1. The van der Waals surface area contributed by atoms with Gasteiger partial charge in [0.05, 0.1) is 7.11 Å². The highest BCUT2D eigenvalue weighted by Gasteiger charge is 2.29. The number of hydrogen-bond acceptors (Lipinski definition) is 5. The highest BCUT2D eigenvalue weighted by Crippen LogP contribution is 2.29. The van der Waals surface area contributed by atoms with Gasteiger partial charge >= 0.3 is 0 Å². The van der Waals surface area contributed by atoms with E-state index in [-0.39, 0.29) is 22.1 Å². The van der Waals surface area contributed by atoms with Crippen molar-refractivity contribution >= 4 is 15.9 Å². The Labute approximate surface area is 165 Å². The molecule has 7 nitrogen and oxygen atoms in total. The van der Waals surface area contributed by atoms with E-state index >= 15 is 0 Å². The number of nitrogens with one attached hydrogen (secondary N) is 1. The molecule has 1 aliphatic rings. The van der Waals surface area contributed by atoms with Gasteiger partial charge in [0, 0.05) is 37.6 Å². The molecule has 1 aliphatic heterocycles. The summed E-state index contributed by atoms with van der Waals surface area (Å²) in [5.74, 6) is -0.105. The molecule has 0 atom stereocenters. The van der Waals surface area contributed by atoms with E-state index in [1.54, 1.807) is 24.5 Å². The molecular weight excluding hydrogens is 378 g/mol. The Balaban J connectivity index is 1.83. The fourth-order valence-electron chi connectivity index (χ4n) is 3.23. The molecule has 1 aromatic carbocycles. The van der Waals surface area contributed by atoms with Gasteiger partial charge in [-0.1, -0.05) is 18.9 Å². The molecule has 1 fully saturated rings. The summed E-state index contributed by atoms with van der Waals surface area (Å²) in [7, 11) is -2.30. The summed E-state index contributed by atoms with van der Waals surface area (Å²) < 4.78 is 33.1. The normalized spacial score (nSPS) is 15.6. The predicted octanol–water partition coefficient (Wildman–Crippen LogP) is 2.58. The third kappa shape index (κ3) is 4.69. The van der Waals surface area contributed by atoms with Gasteiger partial charge in [-0.25, -0.2) is 8.42 Å². The molecule has 3 rings (SSSR count). The molecule has 0 radical (unpaired) electrons. The van der Waals surface area contributed by atoms with Crippen molar-refractivity contribution in [1.82, 2.24) is 14.6 Å². The predicted molar refractivity (Wildman–Crippen MR) is 106 cm³/mol. The average molecular weight is 404 g/mol. The lowest BCUT2D eigenvalue weighted by atomic mass is 10.2. The molecule has 8 heteroatoms. The number of hydrogen-bond donors (Lipinski definition) is 1. The second-order valence-corrected chi connectivity index (χ2v) is 8.63. The van der Waals surface area contributed by atoms with Gasteiger partial charge in [0.1, 0.15) is 10.6 Å². The fourth-order valence-corrected chi connectivity index (χ4v) is 4.93. The Bertz CT molecular complexity index is 908. The number of aromatic nitrogens is 1. The first-order chi connectivity index (χ1) is 13.5. The van der Waals surface area contributed by atoms with Crippen LogP contribution in [0, 0.1) is 0 Å². The summed E-state index contributed by atoms with van der Waals surface area (Å²) in [4.78, 5) is 16.6. The number of ether oxygens (including phenoxy) is 1. The standard InChI is InChI=1S/C20H25N3O4S/c1-27-18-9-8-17(20(24)22-15-16-7-6-10-21-14-16)13-19(18)28(25,26)23-11-4-2-3-5-12-23/h6-10,13-14H,2-5,11-12,15H2,1H3,(H,22,24). The van der Waals surface area contributed by atoms with Gasteiger partial charge in [0.2, 0.25) is 10.0 Å². The van der Waals surface area contributed by atoms with E-state index in [4.69, 9.17) is 4.74 Å². The zero-order chi connectivity index (χ0) is 20.0. The van der Waals surface area contributed by atoms with Crippen LogP contribution < -0.4 is 10.1 Å². The van der Waals surface area contributed by atoms with Crippen LogP contribution in [0.15, 0.2) is 47.6 Å². The molecule has 0 bridgehead atoms. The zero-order valence-corrected chi connectivity index (χ0v) is 16.7. The van der Waals surface area contributed by atoms with Gasteiger partial charge in [-0.05, 0) is 42.7 Å². The largest absolute Gasteiger partial charge is 0.495 e. The van der Waals surface area contributed by atoms with Crippen LogP contribution in [0.1, 0.15) is 41.6 Å². The van der Waals surface area contributed by atoms with E-state index < -0.39 is 10.0 Å². The van der Waals surface area contributed by atoms with Crippen LogP contribution >= 0.6 is 0 Å². The SMILES string of the molecule is COc1ccc(C(=O)NCc2cccnc2)cc1S(=O)(=O)N1CCCCCC1. The lowest BCUT2D eigenvalue weighted by Crippen LogP contribution is -2.32. The monoisotopic (exact) mass is 403 g/mol. The summed E-state index contributed by atoms with van der Waals surface area (Å²) in [6.45, 7) is 1.29. The van der Waals surface area contributed by atoms with E-state index in [2.05, 4.69) is 10.3 Å². The summed E-state index contributed by atoms with van der Waals surface area (Å²) in [6.07, 6.45) is 7.07. The number of amides is 1. The molecule has 1 N–H and O–H groups in total. The van der Waals surface area contributed by atoms with Crippen LogP contribution in [0.3, 0.4) is 0 Å². The van der Waals surface area contributed by atoms with Gasteiger partial charge in [-0.2, -0.15) is 4.31 Å². The number of carbonyl (C=O) groups is 1. The number of methoxy groups -OCH3 is 1. The fraction of sp³-hybridized carbons (Fsp3) is 0.400. The summed E-state index contributed by atoms with van der Waals surface area (Å²) >= 11 is 0. The minimum atomic E-state index is -3.73. The van der Waals surface area contributed by atoms with Crippen molar-refractivity contribution in [3.05, 3.63) is 53.9 Å². The van der Waals surface area contributed by atoms with Crippen molar-refractivity contribution in [3.63, 3.8) is 0 Å². The Morgan fingerprint density at radius 2 is 1.93 bits per heavy atom. The maximum Gasteiger partial charge on any atom is 0.251 e. The van der Waals surface area contributed by atoms with Crippen LogP contribution in [-0.2, 0) is 16.6 Å². The van der Waals surface area contributed by atoms with Crippen molar-refractivity contribution in [2.75, 3.05) is 20.2 Å². The molecule has 150 valence electrons. The maximum atomic E-state index is 13.2. The van der Waals surface area contributed by atoms with Crippen LogP contribution in [-0.4, -0.2) is 43.8 Å². The molecule has 0 unspecified atom stereocenters. The van der Waals surface area contributed by atoms with Crippen molar-refractivity contribution in [2.24, 2.45) is 0 Å². The molecule has 0 spiro atoms. The molecule has 1 saturated heterocycles. The molecule has 2 aromatic rings. The smallest absolute Gasteiger partial charge is 0.251 e. The molecule has 0 aliphatic carbocycles. The van der Waals surface area contributed by atoms with E-state index in [9.17, 15) is 13.2 Å². The van der Waals surface area contributed by atoms with E-state index in [0.29, 0.717) is 19.6 Å². The molecule has 1 aromatic heterocycles. The Hall–Kier alpha value is -2.45. The number of rotatable bonds is 6. The van der Waals surface area contributed by atoms with Crippen LogP contribution in [0.2, 0.25) is 0 Å². The van der Waals surface area contributed by atoms with E-state index in [0.717, 1.165) is 31.2 Å². The molecular formula is C20H25N3O4S. The van der Waals surface area contributed by atoms with Gasteiger partial charge < -0.3 is 10.1 Å². The third-order valence-electron chi connectivity index (χ3n) is 4.78. The second-order valence-electron chi connectivity index (χ2n) is 6.73. The summed E-state index contributed by atoms with van der Waals surface area (Å²) in [5, 5.41) is 2.79. The van der Waals surface area contributed by atoms with Gasteiger partial charge in [0.15, 0.2) is 0 Å². The highest BCUT2D eigenvalue weighted by molar-refractivity contribution is 7.89. The minimum absolute atomic E-state index is 0.0333. The lowest BCUT2D eigenvalue weighted by molar-refractivity contribution is 0.0950. The molecule has 28 heavy (non-hydrogen) atoms. The third-order valence-corrected chi connectivity index (χ3v) is 6.70. The summed E-state index contributed by atoms with van der Waals surface area (Å²) in [5.41, 5.74) is 1.14. The molecule has 2 heterocycles. The Morgan fingerprint density at radius 1 is 1.18 bits per heavy atom. The van der Waals surface area contributed by atoms with Crippen LogP contribution in [0.4, 0.5) is 0 Å². The van der Waals surface area contributed by atoms with Gasteiger partial charge in [-0.3, -0.25) is 9.78 Å². The van der Waals surface area contributed by atoms with Gasteiger partial charge in [-0.15, -0.1) is 0 Å². The van der Waals surface area contributed by atoms with Crippen molar-refractivity contribution in [3.8, 4) is 5.75 Å². The molecule has 0 saturated carbocycles. The van der Waals surface area contributed by atoms with Crippen molar-refractivity contribution < 1.29 is 17.9 Å². The zero-order valence-electron chi connectivity index (χ0n) is 15.9. The van der Waals surface area contributed by atoms with Gasteiger partial charge in [0.25, 0.3) is 5.91 Å².